The lowest BCUT2D eigenvalue weighted by atomic mass is 9.80. The van der Waals surface area contributed by atoms with Gasteiger partial charge < -0.3 is 24.4 Å². The van der Waals surface area contributed by atoms with E-state index in [9.17, 15) is 18.3 Å². The van der Waals surface area contributed by atoms with Crippen LogP contribution in [0, 0.1) is 0 Å². The van der Waals surface area contributed by atoms with Gasteiger partial charge in [0.1, 0.15) is 16.4 Å². The lowest BCUT2D eigenvalue weighted by Gasteiger charge is -2.41. The Morgan fingerprint density at radius 2 is 1.78 bits per heavy atom. The summed E-state index contributed by atoms with van der Waals surface area (Å²) in [4.78, 5) is 33.7. The molecule has 0 aromatic heterocycles. The highest BCUT2D eigenvalue weighted by Crippen LogP contribution is 2.53. The smallest absolute Gasteiger partial charge is 0.274 e. The molecule has 3 aromatic rings. The van der Waals surface area contributed by atoms with Gasteiger partial charge in [-0.1, -0.05) is 35.9 Å². The molecular weight excluding hydrogens is 620 g/mol. The molecule has 2 aliphatic heterocycles. The van der Waals surface area contributed by atoms with Gasteiger partial charge in [0.05, 0.1) is 32.1 Å². The van der Waals surface area contributed by atoms with Gasteiger partial charge >= 0.3 is 0 Å². The van der Waals surface area contributed by atoms with E-state index in [2.05, 4.69) is 0 Å². The molecule has 1 N–H and O–H groups in total. The number of aliphatic hydroxyl groups is 1. The molecule has 1 fully saturated rings. The van der Waals surface area contributed by atoms with Crippen LogP contribution in [0.25, 0.3) is 0 Å². The van der Waals surface area contributed by atoms with Crippen LogP contribution in [0.5, 0.6) is 11.5 Å². The highest BCUT2D eigenvalue weighted by Gasteiger charge is 2.63. The van der Waals surface area contributed by atoms with Crippen molar-refractivity contribution in [3.05, 3.63) is 82.4 Å². The Bertz CT molecular complexity index is 1750. The summed E-state index contributed by atoms with van der Waals surface area (Å²) in [5.74, 6) is -0.801. The number of carbonyl (C=O) groups is 2. The van der Waals surface area contributed by atoms with E-state index in [1.54, 1.807) is 37.2 Å². The van der Waals surface area contributed by atoms with Crippen LogP contribution >= 0.6 is 11.6 Å². The van der Waals surface area contributed by atoms with E-state index < -0.39 is 33.6 Å². The first-order valence-electron chi connectivity index (χ1n) is 14.3. The number of hydrogen-bond acceptors (Lipinski definition) is 9. The van der Waals surface area contributed by atoms with Gasteiger partial charge in [-0.25, -0.2) is 12.7 Å². The van der Waals surface area contributed by atoms with Crippen molar-refractivity contribution in [1.29, 1.82) is 0 Å². The largest absolute Gasteiger partial charge is 0.497 e. The summed E-state index contributed by atoms with van der Waals surface area (Å²) in [6.07, 6.45) is -0.901. The standard InChI is InChI=1S/C32H37ClN4O7S/c1-34(2)18-20-8-7-9-21(14-20)32(36-19-23(38)16-27(36)30(39)35(3)4)25-15-22(33)10-12-26(25)37(31(32)40)45(41,42)29-13-11-24(43-5)17-28(29)44-6/h7-15,17,23,27,38H,16,18-19H2,1-6H3/t23-,27+,32?/m1/s1. The number of methoxy groups -OCH3 is 2. The SMILES string of the molecule is COc1ccc(S(=O)(=O)N2C(=O)C(c3cccc(CN(C)C)c3)(N3C[C@H](O)C[C@H]3C(=O)N(C)C)c3cc(Cl)ccc32)c(OC)c1. The van der Waals surface area contributed by atoms with Crippen molar-refractivity contribution in [2.24, 2.45) is 0 Å². The maximum atomic E-state index is 15.3. The van der Waals surface area contributed by atoms with Crippen molar-refractivity contribution in [2.45, 2.75) is 35.5 Å². The fourth-order valence-corrected chi connectivity index (χ4v) is 8.14. The molecule has 1 saturated heterocycles. The highest BCUT2D eigenvalue weighted by atomic mass is 35.5. The third kappa shape index (κ3) is 5.44. The number of nitrogens with zero attached hydrogens (tertiary/aromatic N) is 4. The number of halogens is 1. The molecule has 2 amide bonds. The molecule has 240 valence electrons. The van der Waals surface area contributed by atoms with Gasteiger partial charge in [-0.05, 0) is 62.0 Å². The lowest BCUT2D eigenvalue weighted by molar-refractivity contribution is -0.138. The second-order valence-corrected chi connectivity index (χ2v) is 13.9. The van der Waals surface area contributed by atoms with Crippen LogP contribution in [0.15, 0.2) is 65.6 Å². The molecule has 0 spiro atoms. The summed E-state index contributed by atoms with van der Waals surface area (Å²) in [7, 11) is 5.19. The second-order valence-electron chi connectivity index (χ2n) is 11.7. The Kier molecular flexibility index (Phi) is 8.91. The number of fused-ring (bicyclic) bond motifs is 1. The van der Waals surface area contributed by atoms with Crippen molar-refractivity contribution in [1.82, 2.24) is 14.7 Å². The van der Waals surface area contributed by atoms with E-state index in [-0.39, 0.29) is 45.8 Å². The first kappa shape index (κ1) is 32.7. The van der Waals surface area contributed by atoms with Gasteiger partial charge in [0, 0.05) is 43.8 Å². The zero-order valence-corrected chi connectivity index (χ0v) is 27.6. The monoisotopic (exact) mass is 656 g/mol. The van der Waals surface area contributed by atoms with Crippen molar-refractivity contribution >= 4 is 39.1 Å². The number of rotatable bonds is 9. The summed E-state index contributed by atoms with van der Waals surface area (Å²) in [5, 5.41) is 11.3. The molecule has 11 nitrogen and oxygen atoms in total. The van der Waals surface area contributed by atoms with E-state index in [0.717, 1.165) is 9.87 Å². The quantitative estimate of drug-likeness (QED) is 0.371. The molecule has 0 bridgehead atoms. The van der Waals surface area contributed by atoms with Crippen molar-refractivity contribution in [3.8, 4) is 11.5 Å². The van der Waals surface area contributed by atoms with Crippen molar-refractivity contribution in [3.63, 3.8) is 0 Å². The number of likely N-dealkylation sites (N-methyl/N-ethyl adjacent to an activating group) is 1. The van der Waals surface area contributed by atoms with Crippen LogP contribution in [0.2, 0.25) is 5.02 Å². The van der Waals surface area contributed by atoms with Crippen molar-refractivity contribution in [2.75, 3.05) is 53.3 Å². The van der Waals surface area contributed by atoms with Crippen LogP contribution in [0.1, 0.15) is 23.1 Å². The number of amides is 2. The number of benzene rings is 3. The van der Waals surface area contributed by atoms with Gasteiger partial charge in [-0.2, -0.15) is 0 Å². The highest BCUT2D eigenvalue weighted by molar-refractivity contribution is 7.93. The minimum atomic E-state index is -4.62. The molecular formula is C32H37ClN4O7S. The predicted molar refractivity (Wildman–Crippen MR) is 170 cm³/mol. The van der Waals surface area contributed by atoms with E-state index >= 15 is 4.79 Å². The molecule has 3 aromatic carbocycles. The van der Waals surface area contributed by atoms with Crippen LogP contribution in [-0.4, -0.2) is 101 Å². The van der Waals surface area contributed by atoms with Gasteiger partial charge in [-0.3, -0.25) is 14.5 Å². The molecule has 2 aliphatic rings. The van der Waals surface area contributed by atoms with Crippen LogP contribution in [0.3, 0.4) is 0 Å². The summed E-state index contributed by atoms with van der Waals surface area (Å²) in [6.45, 7) is 0.466. The second kappa shape index (κ2) is 12.3. The fourth-order valence-electron chi connectivity index (χ4n) is 6.37. The zero-order valence-electron chi connectivity index (χ0n) is 26.0. The number of sulfonamides is 1. The first-order valence-corrected chi connectivity index (χ1v) is 16.1. The summed E-state index contributed by atoms with van der Waals surface area (Å²) in [6, 6.07) is 15.1. The Morgan fingerprint density at radius 1 is 1.04 bits per heavy atom. The fraction of sp³-hybridized carbons (Fsp3) is 0.375. The number of hydrogen-bond donors (Lipinski definition) is 1. The topological polar surface area (TPSA) is 120 Å². The van der Waals surface area contributed by atoms with Gasteiger partial charge in [-0.15, -0.1) is 0 Å². The molecule has 0 saturated carbocycles. The number of carbonyl (C=O) groups excluding carboxylic acids is 2. The van der Waals surface area contributed by atoms with Gasteiger partial charge in [0.2, 0.25) is 5.91 Å². The average Bonchev–Trinajstić information content (AvgIpc) is 3.50. The molecule has 13 heteroatoms. The molecule has 5 rings (SSSR count). The Labute approximate surface area is 268 Å². The Hall–Kier alpha value is -3.68. The third-order valence-corrected chi connectivity index (χ3v) is 10.2. The van der Waals surface area contributed by atoms with Crippen LogP contribution < -0.4 is 13.8 Å². The zero-order chi connectivity index (χ0) is 32.8. The number of anilines is 1. The normalized spacial score (nSPS) is 21.7. The molecule has 0 aliphatic carbocycles. The summed E-state index contributed by atoms with van der Waals surface area (Å²) < 4.78 is 40.7. The molecule has 3 atom stereocenters. The van der Waals surface area contributed by atoms with Gasteiger partial charge in [0.15, 0.2) is 5.54 Å². The summed E-state index contributed by atoms with van der Waals surface area (Å²) in [5.41, 5.74) is -0.174. The average molecular weight is 657 g/mol. The number of β-amino-alcohol motifs (C(OH)–C–C–N with tert-alkyl or cyclic N) is 1. The number of likely N-dealkylation sites (tertiary alicyclic amines) is 1. The van der Waals surface area contributed by atoms with E-state index in [1.165, 1.54) is 49.5 Å². The van der Waals surface area contributed by atoms with E-state index in [4.69, 9.17) is 21.1 Å². The maximum Gasteiger partial charge on any atom is 0.274 e. The Morgan fingerprint density at radius 3 is 2.42 bits per heavy atom. The predicted octanol–water partition coefficient (Wildman–Crippen LogP) is 2.92. The van der Waals surface area contributed by atoms with Crippen LogP contribution in [0.4, 0.5) is 5.69 Å². The minimum Gasteiger partial charge on any atom is -0.497 e. The molecule has 0 radical (unpaired) electrons. The molecule has 1 unspecified atom stereocenters. The molecule has 45 heavy (non-hydrogen) atoms. The number of ether oxygens (including phenoxy) is 2. The maximum absolute atomic E-state index is 15.3. The first-order chi connectivity index (χ1) is 21.3. The van der Waals surface area contributed by atoms with E-state index in [1.807, 2.05) is 31.1 Å². The summed E-state index contributed by atoms with van der Waals surface area (Å²) >= 11 is 6.57. The van der Waals surface area contributed by atoms with Gasteiger partial charge in [0.25, 0.3) is 15.9 Å². The Balaban J connectivity index is 1.84. The van der Waals surface area contributed by atoms with Crippen LogP contribution in [-0.2, 0) is 31.7 Å². The van der Waals surface area contributed by atoms with Crippen molar-refractivity contribution < 1.29 is 32.6 Å². The third-order valence-electron chi connectivity index (χ3n) is 8.23. The van der Waals surface area contributed by atoms with E-state index in [0.29, 0.717) is 17.9 Å². The number of aliphatic hydroxyl groups excluding tert-OH is 1. The minimum absolute atomic E-state index is 0.0135. The lowest BCUT2D eigenvalue weighted by Crippen LogP contribution is -2.59. The molecule has 2 heterocycles.